The van der Waals surface area contributed by atoms with E-state index >= 15 is 0 Å². The molecular formula is C23H26N6O2. The van der Waals surface area contributed by atoms with Crippen LogP contribution in [0, 0.1) is 13.8 Å². The molecule has 1 unspecified atom stereocenters. The Hall–Kier alpha value is -3.68. The van der Waals surface area contributed by atoms with Crippen molar-refractivity contribution < 1.29 is 9.53 Å². The largest absolute Gasteiger partial charge is 0.439 e. The first kappa shape index (κ1) is 20.6. The third kappa shape index (κ3) is 5.48. The molecular weight excluding hydrogens is 392 g/mol. The van der Waals surface area contributed by atoms with Crippen LogP contribution in [0.25, 0.3) is 0 Å². The number of carbonyl (C=O) groups is 1. The van der Waals surface area contributed by atoms with Crippen LogP contribution in [0.2, 0.25) is 0 Å². The monoisotopic (exact) mass is 418 g/mol. The molecule has 0 saturated carbocycles. The molecule has 8 nitrogen and oxygen atoms in total. The quantitative estimate of drug-likeness (QED) is 0.649. The number of anilines is 2. The number of rotatable bonds is 5. The van der Waals surface area contributed by atoms with Crippen molar-refractivity contribution in [1.82, 2.24) is 20.3 Å². The maximum atomic E-state index is 12.4. The smallest absolute Gasteiger partial charge is 0.319 e. The standard InChI is InChI=1S/C23H26N6O2/c1-16-6-8-20(13-17(16)2)31-21-9-7-18(14-26-21)27-23(30)28-19-5-3-12-29(15-19)22-24-10-4-11-25-22/h4,6-11,13-14,19H,3,5,12,15H2,1-2H3,(H2,27,28,30). The number of pyridine rings is 1. The number of carbonyl (C=O) groups excluding carboxylic acids is 1. The van der Waals surface area contributed by atoms with Crippen molar-refractivity contribution in [2.45, 2.75) is 32.7 Å². The SMILES string of the molecule is Cc1ccc(Oc2ccc(NC(=O)NC3CCCN(c4ncccn4)C3)cn2)cc1C. The van der Waals surface area contributed by atoms with Crippen molar-refractivity contribution >= 4 is 17.7 Å². The second kappa shape index (κ2) is 9.42. The Morgan fingerprint density at radius 2 is 1.94 bits per heavy atom. The number of benzene rings is 1. The van der Waals surface area contributed by atoms with Gasteiger partial charge >= 0.3 is 6.03 Å². The van der Waals surface area contributed by atoms with Gasteiger partial charge in [-0.3, -0.25) is 0 Å². The van der Waals surface area contributed by atoms with Gasteiger partial charge in [0.1, 0.15) is 5.75 Å². The summed E-state index contributed by atoms with van der Waals surface area (Å²) in [5, 5.41) is 5.86. The summed E-state index contributed by atoms with van der Waals surface area (Å²) in [5.41, 5.74) is 2.97. The van der Waals surface area contributed by atoms with Crippen LogP contribution in [0.4, 0.5) is 16.4 Å². The van der Waals surface area contributed by atoms with Crippen molar-refractivity contribution in [1.29, 1.82) is 0 Å². The normalized spacial score (nSPS) is 15.9. The molecule has 160 valence electrons. The molecule has 1 fully saturated rings. The summed E-state index contributed by atoms with van der Waals surface area (Å²) in [4.78, 5) is 27.4. The topological polar surface area (TPSA) is 92.3 Å². The Morgan fingerprint density at radius 3 is 2.68 bits per heavy atom. The molecule has 0 aliphatic carbocycles. The number of nitrogens with one attached hydrogen (secondary N) is 2. The summed E-state index contributed by atoms with van der Waals surface area (Å²) in [6, 6.07) is 11.0. The Kier molecular flexibility index (Phi) is 6.26. The molecule has 8 heteroatoms. The molecule has 0 spiro atoms. The van der Waals surface area contributed by atoms with Crippen LogP contribution < -0.4 is 20.3 Å². The summed E-state index contributed by atoms with van der Waals surface area (Å²) in [5.74, 6) is 1.90. The van der Waals surface area contributed by atoms with Gasteiger partial charge in [-0.15, -0.1) is 0 Å². The highest BCUT2D eigenvalue weighted by molar-refractivity contribution is 5.89. The first-order valence-electron chi connectivity index (χ1n) is 10.4. The Bertz CT molecular complexity index is 1030. The van der Waals surface area contributed by atoms with Gasteiger partial charge in [0, 0.05) is 37.6 Å². The fraction of sp³-hybridized carbons (Fsp3) is 0.304. The number of ether oxygens (including phenoxy) is 1. The fourth-order valence-electron chi connectivity index (χ4n) is 3.50. The van der Waals surface area contributed by atoms with E-state index in [2.05, 4.69) is 37.4 Å². The van der Waals surface area contributed by atoms with Crippen LogP contribution in [-0.2, 0) is 0 Å². The van der Waals surface area contributed by atoms with E-state index in [1.54, 1.807) is 36.8 Å². The van der Waals surface area contributed by atoms with Gasteiger partial charge < -0.3 is 20.3 Å². The van der Waals surface area contributed by atoms with E-state index < -0.39 is 0 Å². The Labute approximate surface area is 181 Å². The van der Waals surface area contributed by atoms with Crippen LogP contribution in [0.3, 0.4) is 0 Å². The van der Waals surface area contributed by atoms with Crippen LogP contribution in [0.5, 0.6) is 11.6 Å². The predicted octanol–water partition coefficient (Wildman–Crippen LogP) is 4.07. The number of amides is 2. The highest BCUT2D eigenvalue weighted by atomic mass is 16.5. The fourth-order valence-corrected chi connectivity index (χ4v) is 3.50. The van der Waals surface area contributed by atoms with Crippen molar-refractivity contribution in [3.05, 3.63) is 66.1 Å². The van der Waals surface area contributed by atoms with E-state index in [9.17, 15) is 4.79 Å². The van der Waals surface area contributed by atoms with Gasteiger partial charge in [0.05, 0.1) is 11.9 Å². The van der Waals surface area contributed by atoms with E-state index in [1.807, 2.05) is 25.1 Å². The molecule has 31 heavy (non-hydrogen) atoms. The molecule has 2 aromatic heterocycles. The summed E-state index contributed by atoms with van der Waals surface area (Å²) < 4.78 is 5.79. The molecule has 1 aliphatic rings. The molecule has 1 saturated heterocycles. The summed E-state index contributed by atoms with van der Waals surface area (Å²) >= 11 is 0. The van der Waals surface area contributed by atoms with E-state index in [0.29, 0.717) is 24.1 Å². The molecule has 0 radical (unpaired) electrons. The number of urea groups is 1. The van der Waals surface area contributed by atoms with Crippen molar-refractivity contribution in [2.75, 3.05) is 23.3 Å². The lowest BCUT2D eigenvalue weighted by Gasteiger charge is -2.33. The average molecular weight is 419 g/mol. The Balaban J connectivity index is 1.29. The highest BCUT2D eigenvalue weighted by Gasteiger charge is 2.23. The number of nitrogens with zero attached hydrogens (tertiary/aromatic N) is 4. The number of aromatic nitrogens is 3. The third-order valence-corrected chi connectivity index (χ3v) is 5.29. The van der Waals surface area contributed by atoms with Gasteiger partial charge in [-0.05, 0) is 62.1 Å². The highest BCUT2D eigenvalue weighted by Crippen LogP contribution is 2.23. The predicted molar refractivity (Wildman–Crippen MR) is 120 cm³/mol. The zero-order valence-electron chi connectivity index (χ0n) is 17.7. The first-order valence-corrected chi connectivity index (χ1v) is 10.4. The molecule has 2 amide bonds. The number of piperidine rings is 1. The second-order valence-electron chi connectivity index (χ2n) is 7.67. The number of hydrogen-bond acceptors (Lipinski definition) is 6. The summed E-state index contributed by atoms with van der Waals surface area (Å²) in [6.07, 6.45) is 6.92. The van der Waals surface area contributed by atoms with Crippen molar-refractivity contribution in [2.24, 2.45) is 0 Å². The second-order valence-corrected chi connectivity index (χ2v) is 7.67. The Morgan fingerprint density at radius 1 is 1.10 bits per heavy atom. The minimum atomic E-state index is -0.259. The van der Waals surface area contributed by atoms with E-state index in [1.165, 1.54) is 5.56 Å². The van der Waals surface area contributed by atoms with Gasteiger partial charge in [-0.2, -0.15) is 0 Å². The average Bonchev–Trinajstić information content (AvgIpc) is 2.78. The van der Waals surface area contributed by atoms with E-state index in [4.69, 9.17) is 4.74 Å². The number of hydrogen-bond donors (Lipinski definition) is 2. The van der Waals surface area contributed by atoms with Crippen LogP contribution in [-0.4, -0.2) is 40.1 Å². The summed E-state index contributed by atoms with van der Waals surface area (Å²) in [6.45, 7) is 5.66. The molecule has 4 rings (SSSR count). The molecule has 0 bridgehead atoms. The van der Waals surface area contributed by atoms with E-state index in [-0.39, 0.29) is 12.1 Å². The maximum Gasteiger partial charge on any atom is 0.319 e. The maximum absolute atomic E-state index is 12.4. The first-order chi connectivity index (χ1) is 15.1. The van der Waals surface area contributed by atoms with Gasteiger partial charge in [-0.1, -0.05) is 6.07 Å². The van der Waals surface area contributed by atoms with Gasteiger partial charge in [0.15, 0.2) is 0 Å². The van der Waals surface area contributed by atoms with Gasteiger partial charge in [0.25, 0.3) is 0 Å². The lowest BCUT2D eigenvalue weighted by atomic mass is 10.1. The number of aryl methyl sites for hydroxylation is 2. The van der Waals surface area contributed by atoms with E-state index in [0.717, 1.165) is 30.7 Å². The minimum Gasteiger partial charge on any atom is -0.439 e. The molecule has 1 aromatic carbocycles. The minimum absolute atomic E-state index is 0.0258. The molecule has 3 aromatic rings. The molecule has 1 atom stereocenters. The zero-order valence-corrected chi connectivity index (χ0v) is 17.7. The molecule has 3 heterocycles. The van der Waals surface area contributed by atoms with Crippen LogP contribution in [0.1, 0.15) is 24.0 Å². The third-order valence-electron chi connectivity index (χ3n) is 5.29. The van der Waals surface area contributed by atoms with Gasteiger partial charge in [-0.25, -0.2) is 19.7 Å². The van der Waals surface area contributed by atoms with Crippen LogP contribution in [0.15, 0.2) is 55.0 Å². The van der Waals surface area contributed by atoms with Crippen LogP contribution >= 0.6 is 0 Å². The molecule has 2 N–H and O–H groups in total. The zero-order chi connectivity index (χ0) is 21.6. The van der Waals surface area contributed by atoms with Gasteiger partial charge in [0.2, 0.25) is 11.8 Å². The lowest BCUT2D eigenvalue weighted by Crippen LogP contribution is -2.49. The lowest BCUT2D eigenvalue weighted by molar-refractivity contribution is 0.246. The van der Waals surface area contributed by atoms with Crippen molar-refractivity contribution in [3.8, 4) is 11.6 Å². The molecule has 1 aliphatic heterocycles. The van der Waals surface area contributed by atoms with Crippen molar-refractivity contribution in [3.63, 3.8) is 0 Å². The summed E-state index contributed by atoms with van der Waals surface area (Å²) in [7, 11) is 0.